The molecule has 0 bridgehead atoms. The average Bonchev–Trinajstić information content (AvgIpc) is 2.63. The molecule has 4 heteroatoms. The summed E-state index contributed by atoms with van der Waals surface area (Å²) in [5, 5.41) is 13.5. The van der Waals surface area contributed by atoms with Crippen LogP contribution in [-0.4, -0.2) is 0 Å². The van der Waals surface area contributed by atoms with Gasteiger partial charge in [0.05, 0.1) is 21.4 Å². The third-order valence-corrected chi connectivity index (χ3v) is 4.11. The zero-order valence-corrected chi connectivity index (χ0v) is 10.2. The van der Waals surface area contributed by atoms with Gasteiger partial charge in [0.1, 0.15) is 0 Å². The van der Waals surface area contributed by atoms with E-state index in [9.17, 15) is 0 Å². The van der Waals surface area contributed by atoms with Crippen molar-refractivity contribution in [2.75, 3.05) is 0 Å². The molecule has 0 N–H and O–H groups in total. The zero-order chi connectivity index (χ0) is 10.1. The summed E-state index contributed by atoms with van der Waals surface area (Å²) in [5.41, 5.74) is 1.82. The fourth-order valence-electron chi connectivity index (χ4n) is 1.37. The summed E-state index contributed by atoms with van der Waals surface area (Å²) in [6.07, 6.45) is 0. The molecule has 0 aliphatic rings. The normalized spacial score (nSPS) is 10.4. The molecule has 0 radical (unpaired) electrons. The van der Waals surface area contributed by atoms with Crippen molar-refractivity contribution in [3.05, 3.63) is 33.7 Å². The topological polar surface area (TPSA) is 23.8 Å². The van der Waals surface area contributed by atoms with Gasteiger partial charge in [-0.05, 0) is 23.1 Å². The van der Waals surface area contributed by atoms with Crippen molar-refractivity contribution >= 4 is 49.0 Å². The largest absolute Gasteiger partial charge is 0.192 e. The third-order valence-electron chi connectivity index (χ3n) is 2.01. The summed E-state index contributed by atoms with van der Waals surface area (Å²) < 4.78 is 1.00. The highest BCUT2D eigenvalue weighted by Crippen LogP contribution is 2.35. The highest BCUT2D eigenvalue weighted by Gasteiger charge is 2.10. The van der Waals surface area contributed by atoms with E-state index in [2.05, 4.69) is 22.0 Å². The van der Waals surface area contributed by atoms with Crippen molar-refractivity contribution in [3.8, 4) is 6.07 Å². The van der Waals surface area contributed by atoms with E-state index in [1.807, 2.05) is 5.38 Å². The summed E-state index contributed by atoms with van der Waals surface area (Å²) in [7, 11) is 0. The van der Waals surface area contributed by atoms with Crippen LogP contribution < -0.4 is 0 Å². The number of halogens is 2. The molecule has 0 aliphatic carbocycles. The van der Waals surface area contributed by atoms with Gasteiger partial charge in [0.15, 0.2) is 0 Å². The molecular weight excluding hydrogens is 282 g/mol. The van der Waals surface area contributed by atoms with Crippen molar-refractivity contribution < 1.29 is 0 Å². The number of nitriles is 1. The number of alkyl halides is 1. The maximum Gasteiger partial charge on any atom is 0.0998 e. The first-order chi connectivity index (χ1) is 6.77. The van der Waals surface area contributed by atoms with Crippen molar-refractivity contribution in [1.29, 1.82) is 5.26 Å². The second kappa shape index (κ2) is 3.90. The molecule has 0 amide bonds. The van der Waals surface area contributed by atoms with E-state index in [1.54, 1.807) is 23.5 Å². The van der Waals surface area contributed by atoms with Gasteiger partial charge in [0.2, 0.25) is 0 Å². The van der Waals surface area contributed by atoms with Crippen LogP contribution in [0.1, 0.15) is 11.1 Å². The fraction of sp³-hybridized carbons (Fsp3) is 0.100. The summed E-state index contributed by atoms with van der Waals surface area (Å²) in [6.45, 7) is 0. The maximum atomic E-state index is 8.96. The molecule has 0 aliphatic heterocycles. The molecule has 0 saturated heterocycles. The quantitative estimate of drug-likeness (QED) is 0.716. The van der Waals surface area contributed by atoms with Crippen LogP contribution in [0.25, 0.3) is 10.1 Å². The SMILES string of the molecule is N#Cc1ccc(Cl)c2scc(CBr)c12. The second-order valence-corrected chi connectivity index (χ2v) is 4.65. The van der Waals surface area contributed by atoms with E-state index in [1.165, 1.54) is 0 Å². The van der Waals surface area contributed by atoms with Crippen molar-refractivity contribution in [1.82, 2.24) is 0 Å². The Balaban J connectivity index is 2.90. The van der Waals surface area contributed by atoms with Gasteiger partial charge in [-0.1, -0.05) is 27.5 Å². The molecule has 2 rings (SSSR count). The van der Waals surface area contributed by atoms with Gasteiger partial charge in [-0.3, -0.25) is 0 Å². The monoisotopic (exact) mass is 285 g/mol. The molecule has 0 fully saturated rings. The molecule has 2 aromatic rings. The van der Waals surface area contributed by atoms with Crippen LogP contribution in [0, 0.1) is 11.3 Å². The minimum absolute atomic E-state index is 0.695. The first-order valence-electron chi connectivity index (χ1n) is 3.92. The molecule has 1 nitrogen and oxygen atoms in total. The van der Waals surface area contributed by atoms with E-state index in [0.717, 1.165) is 26.0 Å². The molecule has 0 atom stereocenters. The number of thiophene rings is 1. The van der Waals surface area contributed by atoms with E-state index in [-0.39, 0.29) is 0 Å². The van der Waals surface area contributed by atoms with Crippen LogP contribution in [-0.2, 0) is 5.33 Å². The Morgan fingerprint density at radius 2 is 2.29 bits per heavy atom. The van der Waals surface area contributed by atoms with Crippen LogP contribution in [0.4, 0.5) is 0 Å². The molecule has 1 aromatic carbocycles. The Bertz CT molecular complexity index is 527. The molecule has 0 saturated carbocycles. The van der Waals surface area contributed by atoms with Gasteiger partial charge in [-0.15, -0.1) is 11.3 Å². The van der Waals surface area contributed by atoms with Crippen molar-refractivity contribution in [3.63, 3.8) is 0 Å². The van der Waals surface area contributed by atoms with Crippen molar-refractivity contribution in [2.24, 2.45) is 0 Å². The zero-order valence-electron chi connectivity index (χ0n) is 7.05. The highest BCUT2D eigenvalue weighted by molar-refractivity contribution is 9.08. The van der Waals surface area contributed by atoms with Gasteiger partial charge >= 0.3 is 0 Å². The summed E-state index contributed by atoms with van der Waals surface area (Å²) in [6, 6.07) is 5.73. The number of benzene rings is 1. The summed E-state index contributed by atoms with van der Waals surface area (Å²) >= 11 is 11.0. The lowest BCUT2D eigenvalue weighted by Crippen LogP contribution is -1.80. The lowest BCUT2D eigenvalue weighted by atomic mass is 10.1. The Morgan fingerprint density at radius 3 is 2.93 bits per heavy atom. The van der Waals surface area contributed by atoms with Crippen LogP contribution in [0.2, 0.25) is 5.02 Å². The molecule has 0 unspecified atom stereocenters. The number of nitrogens with zero attached hydrogens (tertiary/aromatic N) is 1. The molecule has 70 valence electrons. The van der Waals surface area contributed by atoms with Gasteiger partial charge in [-0.25, -0.2) is 0 Å². The molecule has 14 heavy (non-hydrogen) atoms. The Hall–Kier alpha value is -0.560. The predicted octanol–water partition coefficient (Wildman–Crippen LogP) is 4.32. The average molecular weight is 287 g/mol. The van der Waals surface area contributed by atoms with E-state index in [4.69, 9.17) is 16.9 Å². The van der Waals surface area contributed by atoms with E-state index < -0.39 is 0 Å². The highest BCUT2D eigenvalue weighted by atomic mass is 79.9. The predicted molar refractivity (Wildman–Crippen MR) is 64.2 cm³/mol. The van der Waals surface area contributed by atoms with Crippen LogP contribution >= 0.6 is 38.9 Å². The fourth-order valence-corrected chi connectivity index (χ4v) is 3.32. The second-order valence-electron chi connectivity index (χ2n) is 2.81. The van der Waals surface area contributed by atoms with Crippen LogP contribution in [0.3, 0.4) is 0 Å². The molecule has 0 spiro atoms. The summed E-state index contributed by atoms with van der Waals surface area (Å²) in [4.78, 5) is 0. The van der Waals surface area contributed by atoms with Crippen LogP contribution in [0.5, 0.6) is 0 Å². The molecular formula is C10H5BrClNS. The molecule has 1 aromatic heterocycles. The number of hydrogen-bond acceptors (Lipinski definition) is 2. The maximum absolute atomic E-state index is 8.96. The first kappa shape index (κ1) is 9.97. The smallest absolute Gasteiger partial charge is 0.0998 e. The molecule has 1 heterocycles. The van der Waals surface area contributed by atoms with Gasteiger partial charge in [0, 0.05) is 10.7 Å². The van der Waals surface area contributed by atoms with E-state index >= 15 is 0 Å². The van der Waals surface area contributed by atoms with Gasteiger partial charge in [-0.2, -0.15) is 5.26 Å². The van der Waals surface area contributed by atoms with Gasteiger partial charge < -0.3 is 0 Å². The Labute approximate surface area is 99.0 Å². The Morgan fingerprint density at radius 1 is 1.50 bits per heavy atom. The van der Waals surface area contributed by atoms with Gasteiger partial charge in [0.25, 0.3) is 0 Å². The minimum Gasteiger partial charge on any atom is -0.192 e. The first-order valence-corrected chi connectivity index (χ1v) is 6.30. The van der Waals surface area contributed by atoms with Crippen LogP contribution in [0.15, 0.2) is 17.5 Å². The van der Waals surface area contributed by atoms with Crippen molar-refractivity contribution in [2.45, 2.75) is 5.33 Å². The number of fused-ring (bicyclic) bond motifs is 1. The lowest BCUT2D eigenvalue weighted by Gasteiger charge is -1.98. The van der Waals surface area contributed by atoms with E-state index in [0.29, 0.717) is 5.56 Å². The summed E-state index contributed by atoms with van der Waals surface area (Å²) in [5.74, 6) is 0. The Kier molecular flexibility index (Phi) is 2.78. The standard InChI is InChI=1S/C10H5BrClNS/c11-3-7-5-14-10-8(12)2-1-6(4-13)9(7)10/h1-2,5H,3H2. The lowest BCUT2D eigenvalue weighted by molar-refractivity contribution is 1.48. The number of hydrogen-bond donors (Lipinski definition) is 0. The third kappa shape index (κ3) is 1.44. The number of rotatable bonds is 1. The minimum atomic E-state index is 0.695.